The Balaban J connectivity index is 2.41. The van der Waals surface area contributed by atoms with Gasteiger partial charge in [0.1, 0.15) is 0 Å². The average molecular weight is 205 g/mol. The van der Waals surface area contributed by atoms with Crippen LogP contribution >= 0.6 is 0 Å². The monoisotopic (exact) mass is 205 g/mol. The summed E-state index contributed by atoms with van der Waals surface area (Å²) in [6.45, 7) is 8.24. The van der Waals surface area contributed by atoms with E-state index in [0.29, 0.717) is 5.92 Å². The highest BCUT2D eigenvalue weighted by Crippen LogP contribution is 2.66. The average Bonchev–Trinajstić information content (AvgIpc) is 2.51. The minimum atomic E-state index is -0.153. The Bertz CT molecular complexity index is 346. The molecule has 15 heavy (non-hydrogen) atoms. The molecule has 82 valence electrons. The van der Waals surface area contributed by atoms with Crippen LogP contribution in [0.2, 0.25) is 0 Å². The van der Waals surface area contributed by atoms with Gasteiger partial charge in [-0.3, -0.25) is 4.79 Å². The quantitative estimate of drug-likeness (QED) is 0.706. The van der Waals surface area contributed by atoms with Crippen molar-refractivity contribution in [3.63, 3.8) is 0 Å². The minimum absolute atomic E-state index is 0.00236. The standard InChI is InChI=1S/C13H19NO/c1-4-6-12(2)9-5-7-13(12,3)10(8-9)11(14)15/h4-5,7,9-10H,1,6,8H2,2-3H3,(H2,14,15)/t9-,10-,12?,13+/m0/s1. The van der Waals surface area contributed by atoms with E-state index in [1.807, 2.05) is 6.08 Å². The van der Waals surface area contributed by atoms with Gasteiger partial charge in [-0.1, -0.05) is 32.1 Å². The Labute approximate surface area is 91.2 Å². The number of hydrogen-bond donors (Lipinski definition) is 1. The molecular formula is C13H19NO. The van der Waals surface area contributed by atoms with Gasteiger partial charge < -0.3 is 5.73 Å². The van der Waals surface area contributed by atoms with Gasteiger partial charge in [-0.05, 0) is 24.2 Å². The molecule has 0 aliphatic heterocycles. The van der Waals surface area contributed by atoms with E-state index in [1.54, 1.807) is 0 Å². The fourth-order valence-electron chi connectivity index (χ4n) is 3.55. The Morgan fingerprint density at radius 1 is 1.67 bits per heavy atom. The molecule has 1 fully saturated rings. The molecule has 0 heterocycles. The molecule has 2 bridgehead atoms. The first-order chi connectivity index (χ1) is 6.95. The van der Waals surface area contributed by atoms with Gasteiger partial charge in [0.15, 0.2) is 0 Å². The lowest BCUT2D eigenvalue weighted by Gasteiger charge is -2.39. The Morgan fingerprint density at radius 2 is 2.33 bits per heavy atom. The normalized spacial score (nSPS) is 47.1. The number of amides is 1. The van der Waals surface area contributed by atoms with E-state index < -0.39 is 0 Å². The molecule has 1 saturated carbocycles. The summed E-state index contributed by atoms with van der Waals surface area (Å²) in [5.41, 5.74) is 5.55. The molecule has 0 aromatic carbocycles. The molecule has 0 radical (unpaired) electrons. The van der Waals surface area contributed by atoms with Gasteiger partial charge in [0.2, 0.25) is 5.91 Å². The zero-order valence-electron chi connectivity index (χ0n) is 9.49. The number of carbonyl (C=O) groups is 1. The highest BCUT2D eigenvalue weighted by atomic mass is 16.1. The lowest BCUT2D eigenvalue weighted by Crippen LogP contribution is -2.39. The largest absolute Gasteiger partial charge is 0.369 e. The Hall–Kier alpha value is -1.05. The van der Waals surface area contributed by atoms with Crippen LogP contribution in [0, 0.1) is 22.7 Å². The lowest BCUT2D eigenvalue weighted by atomic mass is 9.64. The fourth-order valence-corrected chi connectivity index (χ4v) is 3.55. The maximum atomic E-state index is 11.5. The van der Waals surface area contributed by atoms with Crippen molar-refractivity contribution in [1.29, 1.82) is 0 Å². The van der Waals surface area contributed by atoms with Crippen molar-refractivity contribution < 1.29 is 4.79 Å². The van der Waals surface area contributed by atoms with Crippen LogP contribution in [-0.2, 0) is 4.79 Å². The first kappa shape index (κ1) is 10.5. The maximum absolute atomic E-state index is 11.5. The lowest BCUT2D eigenvalue weighted by molar-refractivity contribution is -0.124. The number of primary amides is 1. The summed E-state index contributed by atoms with van der Waals surface area (Å²) in [6, 6.07) is 0. The van der Waals surface area contributed by atoms with Crippen LogP contribution < -0.4 is 5.73 Å². The summed E-state index contributed by atoms with van der Waals surface area (Å²) in [4.78, 5) is 11.5. The van der Waals surface area contributed by atoms with Crippen molar-refractivity contribution in [1.82, 2.24) is 0 Å². The zero-order chi connectivity index (χ0) is 11.3. The molecule has 2 N–H and O–H groups in total. The van der Waals surface area contributed by atoms with E-state index in [2.05, 4.69) is 32.6 Å². The molecule has 4 atom stereocenters. The minimum Gasteiger partial charge on any atom is -0.369 e. The smallest absolute Gasteiger partial charge is 0.221 e. The van der Waals surface area contributed by atoms with E-state index in [1.165, 1.54) is 0 Å². The summed E-state index contributed by atoms with van der Waals surface area (Å²) >= 11 is 0. The third-order valence-corrected chi connectivity index (χ3v) is 4.85. The van der Waals surface area contributed by atoms with Crippen LogP contribution in [0.4, 0.5) is 0 Å². The molecular weight excluding hydrogens is 186 g/mol. The van der Waals surface area contributed by atoms with Crippen LogP contribution in [0.3, 0.4) is 0 Å². The summed E-state index contributed by atoms with van der Waals surface area (Å²) < 4.78 is 0. The first-order valence-electron chi connectivity index (χ1n) is 5.55. The summed E-state index contributed by atoms with van der Waals surface area (Å²) in [7, 11) is 0. The molecule has 1 amide bonds. The molecule has 0 saturated heterocycles. The predicted octanol–water partition coefficient (Wildman–Crippen LogP) is 2.27. The van der Waals surface area contributed by atoms with Crippen molar-refractivity contribution in [3.05, 3.63) is 24.8 Å². The van der Waals surface area contributed by atoms with E-state index in [9.17, 15) is 4.79 Å². The molecule has 0 aromatic heterocycles. The van der Waals surface area contributed by atoms with Gasteiger partial charge in [0.05, 0.1) is 0 Å². The van der Waals surface area contributed by atoms with Crippen molar-refractivity contribution in [3.8, 4) is 0 Å². The van der Waals surface area contributed by atoms with Crippen LogP contribution in [0.15, 0.2) is 24.8 Å². The van der Waals surface area contributed by atoms with E-state index >= 15 is 0 Å². The van der Waals surface area contributed by atoms with E-state index in [-0.39, 0.29) is 22.7 Å². The third kappa shape index (κ3) is 1.08. The van der Waals surface area contributed by atoms with E-state index in [0.717, 1.165) is 12.8 Å². The molecule has 2 nitrogen and oxygen atoms in total. The molecule has 2 aliphatic rings. The predicted molar refractivity (Wildman–Crippen MR) is 61.0 cm³/mol. The van der Waals surface area contributed by atoms with Gasteiger partial charge in [-0.25, -0.2) is 0 Å². The van der Waals surface area contributed by atoms with Crippen molar-refractivity contribution in [2.45, 2.75) is 26.7 Å². The molecule has 0 aromatic rings. The van der Waals surface area contributed by atoms with E-state index in [4.69, 9.17) is 5.73 Å². The molecule has 0 spiro atoms. The second kappa shape index (κ2) is 2.97. The van der Waals surface area contributed by atoms with Crippen molar-refractivity contribution in [2.24, 2.45) is 28.4 Å². The molecule has 2 aliphatic carbocycles. The van der Waals surface area contributed by atoms with Gasteiger partial charge in [-0.15, -0.1) is 6.58 Å². The van der Waals surface area contributed by atoms with Gasteiger partial charge >= 0.3 is 0 Å². The van der Waals surface area contributed by atoms with Crippen molar-refractivity contribution in [2.75, 3.05) is 0 Å². The first-order valence-corrected chi connectivity index (χ1v) is 5.55. The summed E-state index contributed by atoms with van der Waals surface area (Å²) in [6.07, 6.45) is 8.27. The Morgan fingerprint density at radius 3 is 2.80 bits per heavy atom. The van der Waals surface area contributed by atoms with Gasteiger partial charge in [0.25, 0.3) is 0 Å². The highest BCUT2D eigenvalue weighted by Gasteiger charge is 2.61. The number of allylic oxidation sites excluding steroid dienone is 3. The summed E-state index contributed by atoms with van der Waals surface area (Å²) in [5.74, 6) is 0.329. The van der Waals surface area contributed by atoms with Crippen LogP contribution in [0.5, 0.6) is 0 Å². The SMILES string of the molecule is C=CCC1(C)[C@H]2C=C[C@]1(C)[C@H](C(N)=O)C2. The van der Waals surface area contributed by atoms with Gasteiger partial charge in [-0.2, -0.15) is 0 Å². The number of hydrogen-bond acceptors (Lipinski definition) is 1. The second-order valence-corrected chi connectivity index (χ2v) is 5.35. The number of rotatable bonds is 3. The highest BCUT2D eigenvalue weighted by molar-refractivity contribution is 5.79. The fraction of sp³-hybridized carbons (Fsp3) is 0.615. The van der Waals surface area contributed by atoms with Gasteiger partial charge in [0, 0.05) is 11.3 Å². The zero-order valence-corrected chi connectivity index (χ0v) is 9.49. The van der Waals surface area contributed by atoms with Crippen LogP contribution in [0.1, 0.15) is 26.7 Å². The number of nitrogens with two attached hydrogens (primary N) is 1. The number of fused-ring (bicyclic) bond motifs is 2. The van der Waals surface area contributed by atoms with Crippen LogP contribution in [0.25, 0.3) is 0 Å². The second-order valence-electron chi connectivity index (χ2n) is 5.35. The maximum Gasteiger partial charge on any atom is 0.221 e. The molecule has 1 unspecified atom stereocenters. The molecule has 2 rings (SSSR count). The summed E-state index contributed by atoms with van der Waals surface area (Å²) in [5, 5.41) is 0. The third-order valence-electron chi connectivity index (χ3n) is 4.85. The number of carbonyl (C=O) groups excluding carboxylic acids is 1. The van der Waals surface area contributed by atoms with Crippen molar-refractivity contribution >= 4 is 5.91 Å². The topological polar surface area (TPSA) is 43.1 Å². The molecule has 2 heteroatoms. The Kier molecular flexibility index (Phi) is 2.07. The van der Waals surface area contributed by atoms with Crippen LogP contribution in [-0.4, -0.2) is 5.91 Å².